The molecule has 0 heterocycles. The Hall–Kier alpha value is -0.610. The van der Waals surface area contributed by atoms with Crippen molar-refractivity contribution in [3.63, 3.8) is 0 Å². The van der Waals surface area contributed by atoms with Gasteiger partial charge in [0.05, 0.1) is 12.6 Å². The highest BCUT2D eigenvalue weighted by atomic mass is 16.5. The minimum atomic E-state index is -0.0725. The number of nitrogens with two attached hydrogens (primary N) is 1. The molecule has 0 bridgehead atoms. The van der Waals surface area contributed by atoms with Gasteiger partial charge in [0.2, 0.25) is 5.91 Å². The molecule has 1 aliphatic carbocycles. The lowest BCUT2D eigenvalue weighted by molar-refractivity contribution is -0.120. The van der Waals surface area contributed by atoms with Gasteiger partial charge in [0.25, 0.3) is 0 Å². The molecule has 3 N–H and O–H groups in total. The van der Waals surface area contributed by atoms with Crippen LogP contribution in [0, 0.1) is 0 Å². The molecular formula is C8H16N2O2. The van der Waals surface area contributed by atoms with Gasteiger partial charge < -0.3 is 15.8 Å². The second-order valence-corrected chi connectivity index (χ2v) is 3.14. The average Bonchev–Trinajstić information content (AvgIpc) is 2.52. The third kappa shape index (κ3) is 2.46. The molecule has 1 fully saturated rings. The van der Waals surface area contributed by atoms with E-state index in [1.165, 1.54) is 0 Å². The first-order valence-electron chi connectivity index (χ1n) is 4.28. The number of amides is 1. The largest absolute Gasteiger partial charge is 0.381 e. The van der Waals surface area contributed by atoms with Crippen molar-refractivity contribution in [3.8, 4) is 0 Å². The van der Waals surface area contributed by atoms with Crippen LogP contribution in [0.4, 0.5) is 0 Å². The van der Waals surface area contributed by atoms with Gasteiger partial charge in [-0.1, -0.05) is 0 Å². The third-order valence-corrected chi connectivity index (χ3v) is 2.27. The quantitative estimate of drug-likeness (QED) is 0.610. The van der Waals surface area contributed by atoms with Crippen LogP contribution in [0.1, 0.15) is 19.3 Å². The standard InChI is InChI=1S/C8H16N2O2/c1-12-7-3-2-6(4-7)10-8(11)5-9/h6-7H,2-5,9H2,1H3,(H,10,11). The fourth-order valence-corrected chi connectivity index (χ4v) is 1.57. The van der Waals surface area contributed by atoms with Crippen LogP contribution in [0.3, 0.4) is 0 Å². The molecule has 12 heavy (non-hydrogen) atoms. The Labute approximate surface area is 72.5 Å². The number of nitrogens with one attached hydrogen (secondary N) is 1. The highest BCUT2D eigenvalue weighted by molar-refractivity contribution is 5.78. The van der Waals surface area contributed by atoms with Crippen LogP contribution in [-0.2, 0) is 9.53 Å². The molecule has 2 atom stereocenters. The fourth-order valence-electron chi connectivity index (χ4n) is 1.57. The Morgan fingerprint density at radius 1 is 1.67 bits per heavy atom. The zero-order chi connectivity index (χ0) is 8.97. The van der Waals surface area contributed by atoms with Crippen molar-refractivity contribution in [1.82, 2.24) is 5.32 Å². The molecule has 0 saturated heterocycles. The van der Waals surface area contributed by atoms with Crippen molar-refractivity contribution in [2.75, 3.05) is 13.7 Å². The summed E-state index contributed by atoms with van der Waals surface area (Å²) in [6, 6.07) is 0.269. The van der Waals surface area contributed by atoms with Crippen molar-refractivity contribution in [1.29, 1.82) is 0 Å². The second-order valence-electron chi connectivity index (χ2n) is 3.14. The number of carbonyl (C=O) groups is 1. The van der Waals surface area contributed by atoms with Crippen LogP contribution in [0.5, 0.6) is 0 Å². The number of hydrogen-bond donors (Lipinski definition) is 2. The zero-order valence-electron chi connectivity index (χ0n) is 7.38. The minimum Gasteiger partial charge on any atom is -0.381 e. The Morgan fingerprint density at radius 2 is 2.42 bits per heavy atom. The molecule has 70 valence electrons. The lowest BCUT2D eigenvalue weighted by atomic mass is 10.2. The topological polar surface area (TPSA) is 64.3 Å². The highest BCUT2D eigenvalue weighted by Gasteiger charge is 2.24. The van der Waals surface area contributed by atoms with Crippen molar-refractivity contribution in [2.24, 2.45) is 5.73 Å². The molecule has 0 spiro atoms. The van der Waals surface area contributed by atoms with Crippen LogP contribution in [-0.4, -0.2) is 31.7 Å². The molecule has 0 radical (unpaired) electrons. The van der Waals surface area contributed by atoms with E-state index in [1.54, 1.807) is 7.11 Å². The summed E-state index contributed by atoms with van der Waals surface area (Å²) in [5, 5.41) is 2.85. The van der Waals surface area contributed by atoms with Gasteiger partial charge in [-0.3, -0.25) is 4.79 Å². The zero-order valence-corrected chi connectivity index (χ0v) is 7.38. The lowest BCUT2D eigenvalue weighted by Crippen LogP contribution is -2.37. The number of rotatable bonds is 3. The monoisotopic (exact) mass is 172 g/mol. The van der Waals surface area contributed by atoms with Crippen molar-refractivity contribution in [3.05, 3.63) is 0 Å². The van der Waals surface area contributed by atoms with Crippen molar-refractivity contribution in [2.45, 2.75) is 31.4 Å². The first kappa shape index (κ1) is 9.48. The summed E-state index contributed by atoms with van der Waals surface area (Å²) in [6.07, 6.45) is 3.27. The molecule has 0 aliphatic heterocycles. The predicted molar refractivity (Wildman–Crippen MR) is 45.6 cm³/mol. The first-order chi connectivity index (χ1) is 5.76. The molecule has 1 aliphatic rings. The average molecular weight is 172 g/mol. The minimum absolute atomic E-state index is 0.0725. The van der Waals surface area contributed by atoms with Crippen molar-refractivity contribution < 1.29 is 9.53 Å². The fraction of sp³-hybridized carbons (Fsp3) is 0.875. The van der Waals surface area contributed by atoms with E-state index in [-0.39, 0.29) is 18.5 Å². The van der Waals surface area contributed by atoms with Gasteiger partial charge >= 0.3 is 0 Å². The van der Waals surface area contributed by atoms with Gasteiger partial charge in [-0.05, 0) is 19.3 Å². The van der Waals surface area contributed by atoms with Crippen LogP contribution in [0.25, 0.3) is 0 Å². The molecule has 1 amide bonds. The SMILES string of the molecule is COC1CCC(NC(=O)CN)C1. The maximum atomic E-state index is 10.9. The lowest BCUT2D eigenvalue weighted by Gasteiger charge is -2.11. The van der Waals surface area contributed by atoms with E-state index in [0.717, 1.165) is 19.3 Å². The predicted octanol–water partition coefficient (Wildman–Crippen LogP) is -0.371. The molecule has 1 saturated carbocycles. The van der Waals surface area contributed by atoms with Crippen LogP contribution < -0.4 is 11.1 Å². The summed E-state index contributed by atoms with van der Waals surface area (Å²) in [5.41, 5.74) is 5.17. The Balaban J connectivity index is 2.23. The molecule has 4 heteroatoms. The van der Waals surface area contributed by atoms with E-state index in [9.17, 15) is 4.79 Å². The van der Waals surface area contributed by atoms with Gasteiger partial charge in [0.15, 0.2) is 0 Å². The molecule has 1 rings (SSSR count). The highest BCUT2D eigenvalue weighted by Crippen LogP contribution is 2.20. The molecule has 0 aromatic rings. The number of carbonyl (C=O) groups excluding carboxylic acids is 1. The van der Waals surface area contributed by atoms with E-state index in [1.807, 2.05) is 0 Å². The van der Waals surface area contributed by atoms with Crippen molar-refractivity contribution >= 4 is 5.91 Å². The van der Waals surface area contributed by atoms with Crippen LogP contribution in [0.2, 0.25) is 0 Å². The second kappa shape index (κ2) is 4.42. The maximum absolute atomic E-state index is 10.9. The van der Waals surface area contributed by atoms with E-state index in [2.05, 4.69) is 5.32 Å². The summed E-state index contributed by atoms with van der Waals surface area (Å²) in [7, 11) is 1.71. The Morgan fingerprint density at radius 3 is 2.92 bits per heavy atom. The van der Waals surface area contributed by atoms with E-state index in [0.29, 0.717) is 6.10 Å². The summed E-state index contributed by atoms with van der Waals surface area (Å²) < 4.78 is 5.17. The normalized spacial score (nSPS) is 28.8. The van der Waals surface area contributed by atoms with Gasteiger partial charge in [0.1, 0.15) is 0 Å². The van der Waals surface area contributed by atoms with E-state index < -0.39 is 0 Å². The smallest absolute Gasteiger partial charge is 0.233 e. The molecule has 4 nitrogen and oxygen atoms in total. The van der Waals surface area contributed by atoms with E-state index >= 15 is 0 Å². The molecule has 0 aromatic heterocycles. The molecule has 2 unspecified atom stereocenters. The van der Waals surface area contributed by atoms with Gasteiger partial charge in [-0.15, -0.1) is 0 Å². The molecule has 0 aromatic carbocycles. The van der Waals surface area contributed by atoms with Crippen LogP contribution in [0.15, 0.2) is 0 Å². The number of methoxy groups -OCH3 is 1. The number of ether oxygens (including phenoxy) is 1. The summed E-state index contributed by atoms with van der Waals surface area (Å²) in [4.78, 5) is 10.9. The molecular weight excluding hydrogens is 156 g/mol. The summed E-state index contributed by atoms with van der Waals surface area (Å²) in [5.74, 6) is -0.0725. The first-order valence-corrected chi connectivity index (χ1v) is 4.28. The Bertz CT molecular complexity index is 161. The van der Waals surface area contributed by atoms with Gasteiger partial charge in [-0.2, -0.15) is 0 Å². The maximum Gasteiger partial charge on any atom is 0.233 e. The number of hydrogen-bond acceptors (Lipinski definition) is 3. The van der Waals surface area contributed by atoms with Gasteiger partial charge in [-0.25, -0.2) is 0 Å². The third-order valence-electron chi connectivity index (χ3n) is 2.27. The Kier molecular flexibility index (Phi) is 3.49. The van der Waals surface area contributed by atoms with Crippen LogP contribution >= 0.6 is 0 Å². The van der Waals surface area contributed by atoms with Gasteiger partial charge in [0, 0.05) is 13.2 Å². The summed E-state index contributed by atoms with van der Waals surface area (Å²) >= 11 is 0. The summed E-state index contributed by atoms with van der Waals surface area (Å²) in [6.45, 7) is 0.0775. The van der Waals surface area contributed by atoms with E-state index in [4.69, 9.17) is 10.5 Å².